The topological polar surface area (TPSA) is 111 Å². The van der Waals surface area contributed by atoms with Crippen LogP contribution in [0.5, 0.6) is 5.75 Å². The van der Waals surface area contributed by atoms with Crippen LogP contribution in [-0.4, -0.2) is 43.1 Å². The molecule has 1 N–H and O–H groups in total. The van der Waals surface area contributed by atoms with Gasteiger partial charge in [0.15, 0.2) is 12.4 Å². The molecule has 0 bridgehead atoms. The Kier molecular flexibility index (Phi) is 7.74. The Labute approximate surface area is 174 Å². The number of ether oxygens (including phenoxy) is 2. The van der Waals surface area contributed by atoms with E-state index in [1.54, 1.807) is 12.1 Å². The molecule has 9 heteroatoms. The smallest absolute Gasteiger partial charge is 0.337 e. The van der Waals surface area contributed by atoms with Crippen molar-refractivity contribution in [1.29, 1.82) is 0 Å². The summed E-state index contributed by atoms with van der Waals surface area (Å²) in [7, 11) is 1.20. The second-order valence-electron chi connectivity index (χ2n) is 6.69. The highest BCUT2D eigenvalue weighted by molar-refractivity contribution is 5.92. The van der Waals surface area contributed by atoms with Crippen LogP contribution >= 0.6 is 0 Å². The van der Waals surface area contributed by atoms with Gasteiger partial charge in [-0.15, -0.1) is 0 Å². The maximum atomic E-state index is 12.2. The first-order valence-electron chi connectivity index (χ1n) is 9.42. The summed E-state index contributed by atoms with van der Waals surface area (Å²) in [4.78, 5) is 36.6. The lowest BCUT2D eigenvalue weighted by Crippen LogP contribution is -2.30. The Morgan fingerprint density at radius 2 is 1.83 bits per heavy atom. The molecule has 9 nitrogen and oxygen atoms in total. The summed E-state index contributed by atoms with van der Waals surface area (Å²) >= 11 is 0. The largest absolute Gasteiger partial charge is 0.477 e. The zero-order valence-corrected chi connectivity index (χ0v) is 17.4. The Hall–Kier alpha value is -3.62. The number of anilines is 2. The second-order valence-corrected chi connectivity index (χ2v) is 6.69. The summed E-state index contributed by atoms with van der Waals surface area (Å²) in [6.45, 7) is 6.68. The first kappa shape index (κ1) is 22.7. The van der Waals surface area contributed by atoms with Crippen LogP contribution in [0.4, 0.5) is 17.1 Å². The number of nitro groups is 1. The number of carbonyl (C=O) groups is 2. The van der Waals surface area contributed by atoms with E-state index in [4.69, 9.17) is 4.74 Å². The number of nitro benzene ring substituents is 1. The van der Waals surface area contributed by atoms with E-state index < -0.39 is 23.4 Å². The van der Waals surface area contributed by atoms with Crippen LogP contribution < -0.4 is 15.0 Å². The number of carbonyl (C=O) groups excluding carboxylic acids is 2. The molecule has 0 unspecified atom stereocenters. The molecular weight excluding hydrogens is 390 g/mol. The molecule has 0 atom stereocenters. The Balaban J connectivity index is 2.05. The van der Waals surface area contributed by atoms with Crippen molar-refractivity contribution < 1.29 is 24.0 Å². The molecule has 160 valence electrons. The quantitative estimate of drug-likeness (QED) is 0.378. The average Bonchev–Trinajstić information content (AvgIpc) is 2.72. The van der Waals surface area contributed by atoms with Crippen LogP contribution in [0.1, 0.15) is 31.1 Å². The summed E-state index contributed by atoms with van der Waals surface area (Å²) in [5.41, 5.74) is 1.34. The molecule has 2 aromatic carbocycles. The average molecular weight is 415 g/mol. The van der Waals surface area contributed by atoms with Crippen molar-refractivity contribution in [2.24, 2.45) is 0 Å². The monoisotopic (exact) mass is 415 g/mol. The number of methoxy groups -OCH3 is 1. The molecule has 2 aromatic rings. The Bertz CT molecular complexity index is 911. The molecule has 0 aliphatic rings. The molecule has 30 heavy (non-hydrogen) atoms. The van der Waals surface area contributed by atoms with E-state index in [1.807, 2.05) is 12.1 Å². The fraction of sp³-hybridized carbons (Fsp3) is 0.333. The molecule has 0 fully saturated rings. The van der Waals surface area contributed by atoms with Crippen molar-refractivity contribution in [2.75, 3.05) is 30.5 Å². The molecule has 0 aliphatic carbocycles. The number of benzene rings is 2. The van der Waals surface area contributed by atoms with E-state index in [-0.39, 0.29) is 17.0 Å². The van der Waals surface area contributed by atoms with Crippen LogP contribution in [0.3, 0.4) is 0 Å². The molecule has 0 radical (unpaired) electrons. The third-order valence-corrected chi connectivity index (χ3v) is 4.38. The van der Waals surface area contributed by atoms with Crippen molar-refractivity contribution in [2.45, 2.75) is 26.8 Å². The number of hydrogen-bond donors (Lipinski definition) is 1. The van der Waals surface area contributed by atoms with Gasteiger partial charge in [-0.1, -0.05) is 0 Å². The molecule has 0 saturated carbocycles. The zero-order valence-electron chi connectivity index (χ0n) is 17.4. The van der Waals surface area contributed by atoms with E-state index in [1.165, 1.54) is 19.2 Å². The third-order valence-electron chi connectivity index (χ3n) is 4.38. The van der Waals surface area contributed by atoms with Gasteiger partial charge in [0.1, 0.15) is 0 Å². The van der Waals surface area contributed by atoms with Gasteiger partial charge < -0.3 is 19.7 Å². The van der Waals surface area contributed by atoms with E-state index in [0.717, 1.165) is 18.3 Å². The van der Waals surface area contributed by atoms with Crippen LogP contribution in [0.25, 0.3) is 0 Å². The first-order valence-corrected chi connectivity index (χ1v) is 9.42. The molecule has 0 spiro atoms. The predicted molar refractivity (Wildman–Crippen MR) is 113 cm³/mol. The lowest BCUT2D eigenvalue weighted by molar-refractivity contribution is -0.385. The molecule has 0 aromatic heterocycles. The van der Waals surface area contributed by atoms with Crippen LogP contribution in [0, 0.1) is 10.1 Å². The highest BCUT2D eigenvalue weighted by Gasteiger charge is 2.19. The number of amides is 1. The molecule has 1 amide bonds. The number of esters is 1. The minimum atomic E-state index is -0.665. The van der Waals surface area contributed by atoms with Gasteiger partial charge in [0.2, 0.25) is 0 Å². The maximum Gasteiger partial charge on any atom is 0.337 e. The van der Waals surface area contributed by atoms with Crippen LogP contribution in [-0.2, 0) is 9.53 Å². The fourth-order valence-corrected chi connectivity index (χ4v) is 2.95. The number of hydrogen-bond acceptors (Lipinski definition) is 7. The lowest BCUT2D eigenvalue weighted by atomic mass is 10.2. The van der Waals surface area contributed by atoms with Crippen molar-refractivity contribution in [3.05, 3.63) is 58.1 Å². The van der Waals surface area contributed by atoms with Crippen LogP contribution in [0.2, 0.25) is 0 Å². The van der Waals surface area contributed by atoms with Gasteiger partial charge in [0.25, 0.3) is 5.91 Å². The highest BCUT2D eigenvalue weighted by atomic mass is 16.6. The Morgan fingerprint density at radius 1 is 1.17 bits per heavy atom. The molecule has 2 rings (SSSR count). The lowest BCUT2D eigenvalue weighted by Gasteiger charge is -2.27. The SMILES string of the molecule is CCN(c1ccc(NC(=O)COc2cc(C(=O)OC)ccc2[N+](=O)[O-])cc1)C(C)C. The third kappa shape index (κ3) is 5.69. The molecule has 0 heterocycles. The van der Waals surface area contributed by atoms with E-state index in [9.17, 15) is 19.7 Å². The van der Waals surface area contributed by atoms with E-state index in [0.29, 0.717) is 11.7 Å². The highest BCUT2D eigenvalue weighted by Crippen LogP contribution is 2.28. The minimum absolute atomic E-state index is 0.0831. The normalized spacial score (nSPS) is 10.4. The number of nitrogens with one attached hydrogen (secondary N) is 1. The first-order chi connectivity index (χ1) is 14.3. The van der Waals surface area contributed by atoms with Crippen molar-refractivity contribution >= 4 is 28.9 Å². The standard InChI is InChI=1S/C21H25N3O6/c1-5-23(14(2)3)17-9-7-16(8-10-17)22-20(25)13-30-19-12-15(21(26)29-4)6-11-18(19)24(27)28/h6-12,14H,5,13H2,1-4H3,(H,22,25). The predicted octanol–water partition coefficient (Wildman–Crippen LogP) is 3.63. The van der Waals surface area contributed by atoms with Crippen molar-refractivity contribution in [1.82, 2.24) is 0 Å². The van der Waals surface area contributed by atoms with Gasteiger partial charge in [-0.25, -0.2) is 4.79 Å². The minimum Gasteiger partial charge on any atom is -0.477 e. The summed E-state index contributed by atoms with van der Waals surface area (Å²) < 4.78 is 9.91. The van der Waals surface area contributed by atoms with Gasteiger partial charge >= 0.3 is 11.7 Å². The van der Waals surface area contributed by atoms with Gasteiger partial charge in [-0.3, -0.25) is 14.9 Å². The summed E-state index contributed by atoms with van der Waals surface area (Å²) in [5.74, 6) is -1.34. The number of rotatable bonds is 9. The number of nitrogens with zero attached hydrogens (tertiary/aromatic N) is 2. The maximum absolute atomic E-state index is 12.2. The zero-order chi connectivity index (χ0) is 22.3. The van der Waals surface area contributed by atoms with Gasteiger partial charge in [-0.2, -0.15) is 0 Å². The van der Waals surface area contributed by atoms with Gasteiger partial charge in [-0.05, 0) is 51.1 Å². The summed E-state index contributed by atoms with van der Waals surface area (Å²) in [6.07, 6.45) is 0. The molecule has 0 saturated heterocycles. The Morgan fingerprint density at radius 3 is 2.37 bits per heavy atom. The van der Waals surface area contributed by atoms with Crippen molar-refractivity contribution in [3.8, 4) is 5.75 Å². The summed E-state index contributed by atoms with van der Waals surface area (Å²) in [5, 5.41) is 13.9. The van der Waals surface area contributed by atoms with Crippen molar-refractivity contribution in [3.63, 3.8) is 0 Å². The molecular formula is C21H25N3O6. The van der Waals surface area contributed by atoms with Crippen LogP contribution in [0.15, 0.2) is 42.5 Å². The van der Waals surface area contributed by atoms with E-state index in [2.05, 4.69) is 35.7 Å². The van der Waals surface area contributed by atoms with Gasteiger partial charge in [0.05, 0.1) is 17.6 Å². The summed E-state index contributed by atoms with van der Waals surface area (Å²) in [6, 6.07) is 11.3. The van der Waals surface area contributed by atoms with E-state index >= 15 is 0 Å². The van der Waals surface area contributed by atoms with Gasteiger partial charge in [0, 0.05) is 36.1 Å². The fourth-order valence-electron chi connectivity index (χ4n) is 2.95. The molecule has 0 aliphatic heterocycles. The second kappa shape index (κ2) is 10.2.